The summed E-state index contributed by atoms with van der Waals surface area (Å²) in [7, 11) is 0. The summed E-state index contributed by atoms with van der Waals surface area (Å²) in [5.74, 6) is -0.858. The second kappa shape index (κ2) is 13.8. The molecule has 3 fully saturated rings. The molecule has 47 heavy (non-hydrogen) atoms. The zero-order valence-corrected chi connectivity index (χ0v) is 26.4. The Labute approximate surface area is 272 Å². The second-order valence-corrected chi connectivity index (χ2v) is 13.2. The SMILES string of the molecule is O=C(NCc1ccc2ncc(NC3CCC(N4CCN(CC5CC5)CC4)CC3)nc2c1)c1cncn(Cc2ccc(F)c(F)c2)c1=O. The van der Waals surface area contributed by atoms with Crippen molar-refractivity contribution < 1.29 is 13.6 Å². The second-order valence-electron chi connectivity index (χ2n) is 13.2. The Kier molecular flexibility index (Phi) is 9.21. The van der Waals surface area contributed by atoms with Crippen molar-refractivity contribution in [1.82, 2.24) is 34.6 Å². The Bertz CT molecular complexity index is 1800. The zero-order chi connectivity index (χ0) is 32.3. The van der Waals surface area contributed by atoms with E-state index < -0.39 is 23.1 Å². The molecule has 3 aliphatic rings. The third-order valence-electron chi connectivity index (χ3n) is 9.73. The van der Waals surface area contributed by atoms with E-state index in [1.165, 1.54) is 81.6 Å². The molecule has 0 radical (unpaired) electrons. The topological polar surface area (TPSA) is 108 Å². The van der Waals surface area contributed by atoms with E-state index >= 15 is 0 Å². The molecular formula is C35H40F2N8O2. The number of anilines is 1. The third-order valence-corrected chi connectivity index (χ3v) is 9.73. The lowest BCUT2D eigenvalue weighted by molar-refractivity contribution is 0.0752. The Morgan fingerprint density at radius 2 is 1.66 bits per heavy atom. The number of piperazine rings is 1. The van der Waals surface area contributed by atoms with Gasteiger partial charge in [-0.25, -0.2) is 18.7 Å². The predicted octanol–water partition coefficient (Wildman–Crippen LogP) is 4.19. The lowest BCUT2D eigenvalue weighted by Crippen LogP contribution is -2.51. The summed E-state index contributed by atoms with van der Waals surface area (Å²) >= 11 is 0. The minimum atomic E-state index is -1.01. The molecule has 10 nitrogen and oxygen atoms in total. The van der Waals surface area contributed by atoms with E-state index in [9.17, 15) is 18.4 Å². The minimum absolute atomic E-state index is 0.0527. The van der Waals surface area contributed by atoms with Gasteiger partial charge in [-0.2, -0.15) is 0 Å². The van der Waals surface area contributed by atoms with Gasteiger partial charge in [-0.05, 0) is 79.8 Å². The number of carbonyl (C=O) groups is 1. The van der Waals surface area contributed by atoms with Crippen LogP contribution < -0.4 is 16.2 Å². The van der Waals surface area contributed by atoms with Crippen molar-refractivity contribution in [2.45, 2.75) is 63.7 Å². The molecule has 246 valence electrons. The van der Waals surface area contributed by atoms with Gasteiger partial charge in [-0.1, -0.05) is 12.1 Å². The molecule has 3 heterocycles. The molecule has 1 amide bonds. The fourth-order valence-corrected chi connectivity index (χ4v) is 6.84. The summed E-state index contributed by atoms with van der Waals surface area (Å²) in [6.07, 6.45) is 11.7. The Balaban J connectivity index is 0.922. The number of halogens is 2. The quantitative estimate of drug-likeness (QED) is 0.265. The van der Waals surface area contributed by atoms with E-state index in [-0.39, 0.29) is 18.7 Å². The van der Waals surface area contributed by atoms with E-state index in [1.807, 2.05) is 18.2 Å². The molecule has 4 aromatic rings. The maximum atomic E-state index is 13.6. The summed E-state index contributed by atoms with van der Waals surface area (Å²) in [5, 5.41) is 6.39. The van der Waals surface area contributed by atoms with Gasteiger partial charge in [0.25, 0.3) is 11.5 Å². The molecular weight excluding hydrogens is 602 g/mol. The first-order valence-corrected chi connectivity index (χ1v) is 16.6. The van der Waals surface area contributed by atoms with Gasteiger partial charge >= 0.3 is 0 Å². The van der Waals surface area contributed by atoms with Crippen molar-refractivity contribution in [2.75, 3.05) is 38.0 Å². The third kappa shape index (κ3) is 7.65. The molecule has 0 atom stereocenters. The van der Waals surface area contributed by atoms with Crippen molar-refractivity contribution in [3.8, 4) is 0 Å². The van der Waals surface area contributed by atoms with E-state index in [0.29, 0.717) is 17.6 Å². The average Bonchev–Trinajstić information content (AvgIpc) is 3.91. The Hall–Kier alpha value is -4.29. The van der Waals surface area contributed by atoms with E-state index in [1.54, 1.807) is 6.20 Å². The van der Waals surface area contributed by atoms with Crippen LogP contribution in [0.2, 0.25) is 0 Å². The molecule has 1 aliphatic heterocycles. The summed E-state index contributed by atoms with van der Waals surface area (Å²) in [5.41, 5.74) is 1.92. The molecule has 2 saturated carbocycles. The first-order chi connectivity index (χ1) is 22.9. The Morgan fingerprint density at radius 3 is 2.43 bits per heavy atom. The van der Waals surface area contributed by atoms with Gasteiger partial charge in [-0.3, -0.25) is 24.0 Å². The lowest BCUT2D eigenvalue weighted by Gasteiger charge is -2.42. The van der Waals surface area contributed by atoms with E-state index in [2.05, 4.69) is 30.4 Å². The van der Waals surface area contributed by atoms with Gasteiger partial charge in [0.1, 0.15) is 11.4 Å². The van der Waals surface area contributed by atoms with Gasteiger partial charge < -0.3 is 15.5 Å². The maximum Gasteiger partial charge on any atom is 0.266 e. The van der Waals surface area contributed by atoms with Crippen molar-refractivity contribution in [3.63, 3.8) is 0 Å². The largest absolute Gasteiger partial charge is 0.366 e. The number of aromatic nitrogens is 4. The molecule has 0 unspecified atom stereocenters. The van der Waals surface area contributed by atoms with Crippen LogP contribution in [0.25, 0.3) is 11.0 Å². The van der Waals surface area contributed by atoms with Crippen LogP contribution in [0, 0.1) is 17.6 Å². The number of amides is 1. The van der Waals surface area contributed by atoms with Crippen LogP contribution in [0.5, 0.6) is 0 Å². The fraction of sp³-hybridized carbons (Fsp3) is 0.457. The molecule has 2 N–H and O–H groups in total. The number of benzene rings is 2. The highest BCUT2D eigenvalue weighted by Crippen LogP contribution is 2.31. The molecule has 1 saturated heterocycles. The number of fused-ring (bicyclic) bond motifs is 1. The highest BCUT2D eigenvalue weighted by molar-refractivity contribution is 5.93. The van der Waals surface area contributed by atoms with Crippen molar-refractivity contribution in [1.29, 1.82) is 0 Å². The summed E-state index contributed by atoms with van der Waals surface area (Å²) in [6.45, 7) is 6.21. The summed E-state index contributed by atoms with van der Waals surface area (Å²) in [6, 6.07) is 10.0. The first kappa shape index (κ1) is 31.3. The van der Waals surface area contributed by atoms with Gasteiger partial charge in [0.2, 0.25) is 0 Å². The van der Waals surface area contributed by atoms with Crippen LogP contribution in [0.15, 0.2) is 59.9 Å². The maximum absolute atomic E-state index is 13.6. The van der Waals surface area contributed by atoms with Crippen LogP contribution in [-0.2, 0) is 13.1 Å². The normalized spacial score (nSPS) is 20.7. The first-order valence-electron chi connectivity index (χ1n) is 16.6. The van der Waals surface area contributed by atoms with Crippen LogP contribution in [-0.4, -0.2) is 80.0 Å². The van der Waals surface area contributed by atoms with Crippen molar-refractivity contribution in [2.24, 2.45) is 5.92 Å². The van der Waals surface area contributed by atoms with Crippen LogP contribution in [0.3, 0.4) is 0 Å². The van der Waals surface area contributed by atoms with Gasteiger partial charge in [0.05, 0.1) is 30.1 Å². The van der Waals surface area contributed by atoms with E-state index in [4.69, 9.17) is 4.98 Å². The van der Waals surface area contributed by atoms with Crippen molar-refractivity contribution in [3.05, 3.63) is 93.8 Å². The minimum Gasteiger partial charge on any atom is -0.366 e. The molecule has 0 bridgehead atoms. The number of carbonyl (C=O) groups excluding carboxylic acids is 1. The highest BCUT2D eigenvalue weighted by atomic mass is 19.2. The fourth-order valence-electron chi connectivity index (χ4n) is 6.84. The predicted molar refractivity (Wildman–Crippen MR) is 175 cm³/mol. The molecule has 12 heteroatoms. The Morgan fingerprint density at radius 1 is 0.872 bits per heavy atom. The van der Waals surface area contributed by atoms with Crippen LogP contribution in [0.4, 0.5) is 14.6 Å². The number of nitrogens with zero attached hydrogens (tertiary/aromatic N) is 6. The van der Waals surface area contributed by atoms with Gasteiger partial charge in [-0.15, -0.1) is 0 Å². The van der Waals surface area contributed by atoms with Crippen molar-refractivity contribution >= 4 is 22.8 Å². The monoisotopic (exact) mass is 642 g/mol. The smallest absolute Gasteiger partial charge is 0.266 e. The number of nitrogens with one attached hydrogen (secondary N) is 2. The number of rotatable bonds is 10. The lowest BCUT2D eigenvalue weighted by atomic mass is 9.89. The van der Waals surface area contributed by atoms with Gasteiger partial charge in [0.15, 0.2) is 11.6 Å². The summed E-state index contributed by atoms with van der Waals surface area (Å²) in [4.78, 5) is 44.7. The van der Waals surface area contributed by atoms with Crippen LogP contribution in [0.1, 0.15) is 60.0 Å². The number of hydrogen-bond donors (Lipinski definition) is 2. The van der Waals surface area contributed by atoms with E-state index in [0.717, 1.165) is 53.3 Å². The molecule has 2 aromatic carbocycles. The number of hydrogen-bond acceptors (Lipinski definition) is 8. The standard InChI is InChI=1S/C35H40F2N8O2/c36-29-9-3-25(15-30(29)37)21-45-22-38-18-28(35(45)47)34(46)40-17-24-4-10-31-32(16-24)42-33(19-39-31)41-26-5-7-27(8-6-26)44-13-11-43(12-14-44)20-23-1-2-23/h3-4,9-10,15-16,18-19,22-23,26-27H,1-2,5-8,11-14,17,20-21H2,(H,40,46)(H,41,42). The molecule has 0 spiro atoms. The molecule has 2 aliphatic carbocycles. The highest BCUT2D eigenvalue weighted by Gasteiger charge is 2.30. The van der Waals surface area contributed by atoms with Crippen LogP contribution >= 0.6 is 0 Å². The zero-order valence-electron chi connectivity index (χ0n) is 26.4. The average molecular weight is 643 g/mol. The van der Waals surface area contributed by atoms with Gasteiger partial charge in [0, 0.05) is 57.5 Å². The molecule has 7 rings (SSSR count). The molecule has 2 aromatic heterocycles. The summed E-state index contributed by atoms with van der Waals surface area (Å²) < 4.78 is 28.1.